The molecule has 1 aromatic heterocycles. The highest BCUT2D eigenvalue weighted by Crippen LogP contribution is 2.29. The SMILES string of the molecule is CCn1c2ccccc2c2cc(/C=C/C(=O)N(C)CC(=O)NC)ccc21. The fourth-order valence-electron chi connectivity index (χ4n) is 3.18. The van der Waals surface area contributed by atoms with Crippen LogP contribution in [0.1, 0.15) is 12.5 Å². The van der Waals surface area contributed by atoms with Crippen molar-refractivity contribution in [1.82, 2.24) is 14.8 Å². The molecule has 1 heterocycles. The number of benzene rings is 2. The lowest BCUT2D eigenvalue weighted by molar-refractivity contribution is -0.130. The van der Waals surface area contributed by atoms with Crippen molar-refractivity contribution in [3.05, 3.63) is 54.1 Å². The monoisotopic (exact) mass is 349 g/mol. The number of carbonyl (C=O) groups excluding carboxylic acids is 2. The Morgan fingerprint density at radius 3 is 2.58 bits per heavy atom. The second-order valence-corrected chi connectivity index (χ2v) is 6.24. The summed E-state index contributed by atoms with van der Waals surface area (Å²) < 4.78 is 2.29. The quantitative estimate of drug-likeness (QED) is 0.720. The van der Waals surface area contributed by atoms with Gasteiger partial charge < -0.3 is 14.8 Å². The molecule has 0 fully saturated rings. The van der Waals surface area contributed by atoms with Gasteiger partial charge in [0.15, 0.2) is 0 Å². The number of amides is 2. The molecule has 2 amide bonds. The largest absolute Gasteiger partial charge is 0.358 e. The standard InChI is InChI=1S/C21H23N3O2/c1-4-24-18-8-6-5-7-16(18)17-13-15(9-11-19(17)24)10-12-21(26)23(3)14-20(25)22-2/h5-13H,4,14H2,1-3H3,(H,22,25)/b12-10+. The van der Waals surface area contributed by atoms with Gasteiger partial charge in [0.25, 0.3) is 0 Å². The maximum absolute atomic E-state index is 12.1. The smallest absolute Gasteiger partial charge is 0.246 e. The van der Waals surface area contributed by atoms with Crippen molar-refractivity contribution >= 4 is 39.7 Å². The molecule has 26 heavy (non-hydrogen) atoms. The topological polar surface area (TPSA) is 54.3 Å². The van der Waals surface area contributed by atoms with E-state index >= 15 is 0 Å². The summed E-state index contributed by atoms with van der Waals surface area (Å²) in [5, 5.41) is 4.90. The summed E-state index contributed by atoms with van der Waals surface area (Å²) >= 11 is 0. The van der Waals surface area contributed by atoms with Crippen molar-refractivity contribution in [2.24, 2.45) is 0 Å². The molecule has 0 aliphatic rings. The van der Waals surface area contributed by atoms with Gasteiger partial charge in [-0.05, 0) is 36.8 Å². The molecule has 0 bridgehead atoms. The molecule has 2 aromatic carbocycles. The minimum atomic E-state index is -0.204. The molecule has 134 valence electrons. The zero-order valence-corrected chi connectivity index (χ0v) is 15.3. The number of hydrogen-bond donors (Lipinski definition) is 1. The van der Waals surface area contributed by atoms with E-state index in [0.717, 1.165) is 12.1 Å². The van der Waals surface area contributed by atoms with Crippen LogP contribution in [0.4, 0.5) is 0 Å². The predicted molar refractivity (Wildman–Crippen MR) is 106 cm³/mol. The molecule has 3 rings (SSSR count). The van der Waals surface area contributed by atoms with Crippen molar-refractivity contribution in [2.75, 3.05) is 20.6 Å². The number of carbonyl (C=O) groups is 2. The Balaban J connectivity index is 1.91. The molecule has 0 atom stereocenters. The summed E-state index contributed by atoms with van der Waals surface area (Å²) in [6.07, 6.45) is 3.29. The van der Waals surface area contributed by atoms with Crippen molar-refractivity contribution in [2.45, 2.75) is 13.5 Å². The number of para-hydroxylation sites is 1. The number of nitrogens with zero attached hydrogens (tertiary/aromatic N) is 2. The number of fused-ring (bicyclic) bond motifs is 3. The van der Waals surface area contributed by atoms with E-state index in [1.54, 1.807) is 20.2 Å². The first-order valence-electron chi connectivity index (χ1n) is 8.70. The van der Waals surface area contributed by atoms with Gasteiger partial charge in [0, 0.05) is 48.5 Å². The highest BCUT2D eigenvalue weighted by Gasteiger charge is 2.10. The molecular weight excluding hydrogens is 326 g/mol. The van der Waals surface area contributed by atoms with Gasteiger partial charge in [-0.15, -0.1) is 0 Å². The van der Waals surface area contributed by atoms with E-state index in [9.17, 15) is 9.59 Å². The molecule has 0 unspecified atom stereocenters. The molecule has 0 saturated heterocycles. The van der Waals surface area contributed by atoms with Crippen LogP contribution in [0.5, 0.6) is 0 Å². The highest BCUT2D eigenvalue weighted by atomic mass is 16.2. The number of rotatable bonds is 5. The first kappa shape index (κ1) is 17.7. The lowest BCUT2D eigenvalue weighted by atomic mass is 10.1. The normalized spacial score (nSPS) is 11.3. The van der Waals surface area contributed by atoms with Gasteiger partial charge in [-0.1, -0.05) is 24.3 Å². The van der Waals surface area contributed by atoms with Crippen LogP contribution in [0.3, 0.4) is 0 Å². The Kier molecular flexibility index (Phi) is 5.07. The van der Waals surface area contributed by atoms with Crippen LogP contribution in [0, 0.1) is 0 Å². The summed E-state index contributed by atoms with van der Waals surface area (Å²) in [5.74, 6) is -0.396. The van der Waals surface area contributed by atoms with Gasteiger partial charge in [0.2, 0.25) is 11.8 Å². The average Bonchev–Trinajstić information content (AvgIpc) is 2.98. The molecule has 0 saturated carbocycles. The van der Waals surface area contributed by atoms with Gasteiger partial charge in [-0.25, -0.2) is 0 Å². The molecule has 3 aromatic rings. The van der Waals surface area contributed by atoms with Crippen LogP contribution in [-0.4, -0.2) is 41.9 Å². The molecule has 0 radical (unpaired) electrons. The fourth-order valence-corrected chi connectivity index (χ4v) is 3.18. The summed E-state index contributed by atoms with van der Waals surface area (Å²) in [6, 6.07) is 14.6. The van der Waals surface area contributed by atoms with E-state index in [-0.39, 0.29) is 18.4 Å². The summed E-state index contributed by atoms with van der Waals surface area (Å²) in [6.45, 7) is 3.09. The fraction of sp³-hybridized carbons (Fsp3) is 0.238. The minimum absolute atomic E-state index is 0.0443. The average molecular weight is 349 g/mol. The maximum Gasteiger partial charge on any atom is 0.246 e. The summed E-state index contributed by atoms with van der Waals surface area (Å²) in [4.78, 5) is 24.9. The van der Waals surface area contributed by atoms with Crippen LogP contribution in [-0.2, 0) is 16.1 Å². The molecule has 0 aliphatic heterocycles. The lowest BCUT2D eigenvalue weighted by Gasteiger charge is -2.13. The number of hydrogen-bond acceptors (Lipinski definition) is 2. The van der Waals surface area contributed by atoms with Crippen LogP contribution in [0.2, 0.25) is 0 Å². The van der Waals surface area contributed by atoms with E-state index < -0.39 is 0 Å². The Morgan fingerprint density at radius 1 is 1.12 bits per heavy atom. The molecular formula is C21H23N3O2. The van der Waals surface area contributed by atoms with Gasteiger partial charge in [-0.2, -0.15) is 0 Å². The third kappa shape index (κ3) is 3.33. The Morgan fingerprint density at radius 2 is 1.85 bits per heavy atom. The third-order valence-electron chi connectivity index (χ3n) is 4.57. The molecule has 1 N–H and O–H groups in total. The second-order valence-electron chi connectivity index (χ2n) is 6.24. The summed E-state index contributed by atoms with van der Waals surface area (Å²) in [5.41, 5.74) is 3.36. The Labute approximate surface area is 152 Å². The van der Waals surface area contributed by atoms with Crippen LogP contribution in [0.15, 0.2) is 48.5 Å². The van der Waals surface area contributed by atoms with E-state index in [4.69, 9.17) is 0 Å². The maximum atomic E-state index is 12.1. The van der Waals surface area contributed by atoms with Crippen molar-refractivity contribution in [3.63, 3.8) is 0 Å². The van der Waals surface area contributed by atoms with E-state index in [1.807, 2.05) is 12.1 Å². The lowest BCUT2D eigenvalue weighted by Crippen LogP contribution is -2.35. The van der Waals surface area contributed by atoms with Crippen LogP contribution >= 0.6 is 0 Å². The first-order valence-corrected chi connectivity index (χ1v) is 8.70. The molecule has 0 aliphatic carbocycles. The van der Waals surface area contributed by atoms with Gasteiger partial charge >= 0.3 is 0 Å². The van der Waals surface area contributed by atoms with E-state index in [2.05, 4.69) is 47.1 Å². The van der Waals surface area contributed by atoms with Crippen molar-refractivity contribution in [1.29, 1.82) is 0 Å². The number of aryl methyl sites for hydroxylation is 1. The van der Waals surface area contributed by atoms with E-state index in [1.165, 1.54) is 32.8 Å². The van der Waals surface area contributed by atoms with Crippen LogP contribution < -0.4 is 5.32 Å². The van der Waals surface area contributed by atoms with Crippen molar-refractivity contribution < 1.29 is 9.59 Å². The van der Waals surface area contributed by atoms with Gasteiger partial charge in [0.1, 0.15) is 0 Å². The van der Waals surface area contributed by atoms with Gasteiger partial charge in [0.05, 0.1) is 6.54 Å². The zero-order chi connectivity index (χ0) is 18.7. The molecule has 5 heteroatoms. The Bertz CT molecular complexity index is 1000. The third-order valence-corrected chi connectivity index (χ3v) is 4.57. The van der Waals surface area contributed by atoms with Crippen LogP contribution in [0.25, 0.3) is 27.9 Å². The number of aromatic nitrogens is 1. The highest BCUT2D eigenvalue weighted by molar-refractivity contribution is 6.08. The van der Waals surface area contributed by atoms with Gasteiger partial charge in [-0.3, -0.25) is 9.59 Å². The van der Waals surface area contributed by atoms with Crippen molar-refractivity contribution in [3.8, 4) is 0 Å². The zero-order valence-electron chi connectivity index (χ0n) is 15.3. The number of nitrogens with one attached hydrogen (secondary N) is 1. The Hall–Kier alpha value is -3.08. The molecule has 5 nitrogen and oxygen atoms in total. The number of likely N-dealkylation sites (N-methyl/N-ethyl adjacent to an activating group) is 2. The second kappa shape index (κ2) is 7.44. The van der Waals surface area contributed by atoms with E-state index in [0.29, 0.717) is 0 Å². The first-order chi connectivity index (χ1) is 12.5. The summed E-state index contributed by atoms with van der Waals surface area (Å²) in [7, 11) is 3.17. The molecule has 0 spiro atoms. The minimum Gasteiger partial charge on any atom is -0.358 e. The predicted octanol–water partition coefficient (Wildman–Crippen LogP) is 3.03.